The number of methoxy groups -OCH3 is 1. The van der Waals surface area contributed by atoms with E-state index in [9.17, 15) is 9.59 Å². The SMILES string of the molecule is COC(C)CN1C(=O)C(=O)c2c(Cl)cccc21. The van der Waals surface area contributed by atoms with Crippen LogP contribution in [0.4, 0.5) is 5.69 Å². The van der Waals surface area contributed by atoms with E-state index in [1.54, 1.807) is 25.3 Å². The van der Waals surface area contributed by atoms with E-state index in [-0.39, 0.29) is 6.10 Å². The van der Waals surface area contributed by atoms with E-state index in [0.29, 0.717) is 22.8 Å². The van der Waals surface area contributed by atoms with Gasteiger partial charge in [0.1, 0.15) is 0 Å². The van der Waals surface area contributed by atoms with Crippen LogP contribution in [-0.4, -0.2) is 31.4 Å². The maximum Gasteiger partial charge on any atom is 0.299 e. The Morgan fingerprint density at radius 1 is 1.41 bits per heavy atom. The summed E-state index contributed by atoms with van der Waals surface area (Å²) in [6, 6.07) is 5.04. The number of benzene rings is 1. The Morgan fingerprint density at radius 3 is 2.76 bits per heavy atom. The van der Waals surface area contributed by atoms with Crippen LogP contribution >= 0.6 is 11.6 Å². The lowest BCUT2D eigenvalue weighted by molar-refractivity contribution is -0.114. The van der Waals surface area contributed by atoms with E-state index in [1.165, 1.54) is 4.90 Å². The minimum atomic E-state index is -0.547. The Balaban J connectivity index is 2.42. The van der Waals surface area contributed by atoms with Gasteiger partial charge >= 0.3 is 0 Å². The number of Topliss-reactive ketones (excluding diaryl/α,β-unsaturated/α-hetero) is 1. The lowest BCUT2D eigenvalue weighted by atomic mass is 10.1. The summed E-state index contributed by atoms with van der Waals surface area (Å²) in [5.74, 6) is -1.09. The minimum absolute atomic E-state index is 0.142. The smallest absolute Gasteiger partial charge is 0.299 e. The number of anilines is 1. The van der Waals surface area contributed by atoms with Gasteiger partial charge in [-0.2, -0.15) is 0 Å². The quantitative estimate of drug-likeness (QED) is 0.773. The molecule has 5 heteroatoms. The third-order valence-corrected chi connectivity index (χ3v) is 3.11. The highest BCUT2D eigenvalue weighted by Gasteiger charge is 2.37. The molecule has 1 amide bonds. The molecule has 90 valence electrons. The second-order valence-electron chi connectivity index (χ2n) is 3.93. The zero-order valence-electron chi connectivity index (χ0n) is 9.57. The summed E-state index contributed by atoms with van der Waals surface area (Å²) in [7, 11) is 1.56. The third-order valence-electron chi connectivity index (χ3n) is 2.79. The summed E-state index contributed by atoms with van der Waals surface area (Å²) < 4.78 is 5.10. The van der Waals surface area contributed by atoms with Crippen LogP contribution in [0, 0.1) is 0 Å². The van der Waals surface area contributed by atoms with Crippen molar-refractivity contribution in [3.63, 3.8) is 0 Å². The van der Waals surface area contributed by atoms with Crippen LogP contribution in [0.15, 0.2) is 18.2 Å². The van der Waals surface area contributed by atoms with Crippen molar-refractivity contribution in [3.8, 4) is 0 Å². The number of ether oxygens (including phenoxy) is 1. The summed E-state index contributed by atoms with van der Waals surface area (Å²) in [5, 5.41) is 0.313. The normalized spacial score (nSPS) is 16.3. The molecule has 17 heavy (non-hydrogen) atoms. The standard InChI is InChI=1S/C12H12ClNO3/c1-7(17-2)6-14-9-5-3-4-8(13)10(9)11(15)12(14)16/h3-5,7H,6H2,1-2H3. The number of halogens is 1. The Hall–Kier alpha value is -1.39. The van der Waals surface area contributed by atoms with Gasteiger partial charge in [0, 0.05) is 7.11 Å². The van der Waals surface area contributed by atoms with Gasteiger partial charge in [0.15, 0.2) is 0 Å². The molecule has 1 heterocycles. The molecule has 2 rings (SSSR count). The molecule has 0 saturated heterocycles. The van der Waals surface area contributed by atoms with Gasteiger partial charge in [-0.15, -0.1) is 0 Å². The van der Waals surface area contributed by atoms with Gasteiger partial charge < -0.3 is 9.64 Å². The number of carbonyl (C=O) groups excluding carboxylic acids is 2. The highest BCUT2D eigenvalue weighted by atomic mass is 35.5. The predicted octanol–water partition coefficient (Wildman–Crippen LogP) is 1.90. The first-order valence-electron chi connectivity index (χ1n) is 5.23. The van der Waals surface area contributed by atoms with E-state index in [4.69, 9.17) is 16.3 Å². The van der Waals surface area contributed by atoms with Gasteiger partial charge in [-0.1, -0.05) is 17.7 Å². The largest absolute Gasteiger partial charge is 0.380 e. The average Bonchev–Trinajstić information content (AvgIpc) is 2.55. The monoisotopic (exact) mass is 253 g/mol. The fourth-order valence-corrected chi connectivity index (χ4v) is 2.07. The van der Waals surface area contributed by atoms with E-state index in [2.05, 4.69) is 0 Å². The fourth-order valence-electron chi connectivity index (χ4n) is 1.81. The molecule has 4 nitrogen and oxygen atoms in total. The molecule has 0 aromatic heterocycles. The van der Waals surface area contributed by atoms with Crippen molar-refractivity contribution in [2.75, 3.05) is 18.6 Å². The first-order valence-corrected chi connectivity index (χ1v) is 5.61. The van der Waals surface area contributed by atoms with Crippen LogP contribution in [-0.2, 0) is 9.53 Å². The molecule has 0 saturated carbocycles. The first-order chi connectivity index (χ1) is 8.06. The molecule has 1 aliphatic heterocycles. The highest BCUT2D eigenvalue weighted by Crippen LogP contribution is 2.34. The summed E-state index contributed by atoms with van der Waals surface area (Å²) in [5.41, 5.74) is 0.860. The molecule has 1 unspecified atom stereocenters. The van der Waals surface area contributed by atoms with Crippen molar-refractivity contribution in [1.82, 2.24) is 0 Å². The van der Waals surface area contributed by atoms with Gasteiger partial charge in [0.25, 0.3) is 11.7 Å². The Morgan fingerprint density at radius 2 is 2.12 bits per heavy atom. The van der Waals surface area contributed by atoms with Gasteiger partial charge in [-0.25, -0.2) is 0 Å². The zero-order chi connectivity index (χ0) is 12.6. The topological polar surface area (TPSA) is 46.6 Å². The lowest BCUT2D eigenvalue weighted by Gasteiger charge is -2.20. The van der Waals surface area contributed by atoms with Gasteiger partial charge in [0.2, 0.25) is 0 Å². The average molecular weight is 254 g/mol. The summed E-state index contributed by atoms with van der Waals surface area (Å²) in [6.07, 6.45) is -0.142. The van der Waals surface area contributed by atoms with Crippen LogP contribution in [0.3, 0.4) is 0 Å². The molecule has 1 atom stereocenters. The highest BCUT2D eigenvalue weighted by molar-refractivity contribution is 6.55. The van der Waals surface area contributed by atoms with Crippen molar-refractivity contribution in [2.45, 2.75) is 13.0 Å². The summed E-state index contributed by atoms with van der Waals surface area (Å²) in [4.78, 5) is 25.0. The van der Waals surface area contributed by atoms with Crippen molar-refractivity contribution in [2.24, 2.45) is 0 Å². The van der Waals surface area contributed by atoms with Crippen LogP contribution in [0.1, 0.15) is 17.3 Å². The molecule has 0 aliphatic carbocycles. The molecule has 0 bridgehead atoms. The van der Waals surface area contributed by atoms with Crippen LogP contribution in [0.2, 0.25) is 5.02 Å². The lowest BCUT2D eigenvalue weighted by Crippen LogP contribution is -2.36. The number of rotatable bonds is 3. The molecule has 0 N–H and O–H groups in total. The number of hydrogen-bond acceptors (Lipinski definition) is 3. The second kappa shape index (κ2) is 4.47. The van der Waals surface area contributed by atoms with Crippen molar-refractivity contribution >= 4 is 29.0 Å². The van der Waals surface area contributed by atoms with Crippen molar-refractivity contribution < 1.29 is 14.3 Å². The molecule has 1 aromatic carbocycles. The number of nitrogens with zero attached hydrogens (tertiary/aromatic N) is 1. The van der Waals surface area contributed by atoms with Crippen LogP contribution < -0.4 is 4.90 Å². The maximum atomic E-state index is 11.8. The van der Waals surface area contributed by atoms with Crippen LogP contribution in [0.25, 0.3) is 0 Å². The molecule has 1 aromatic rings. The van der Waals surface area contributed by atoms with Gasteiger partial charge in [-0.05, 0) is 19.1 Å². The van der Waals surface area contributed by atoms with Gasteiger partial charge in [0.05, 0.1) is 28.9 Å². The number of fused-ring (bicyclic) bond motifs is 1. The molecular weight excluding hydrogens is 242 g/mol. The van der Waals surface area contributed by atoms with E-state index >= 15 is 0 Å². The molecular formula is C12H12ClNO3. The Labute approximate surface area is 104 Å². The minimum Gasteiger partial charge on any atom is -0.380 e. The fraction of sp³-hybridized carbons (Fsp3) is 0.333. The van der Waals surface area contributed by atoms with Crippen molar-refractivity contribution in [3.05, 3.63) is 28.8 Å². The summed E-state index contributed by atoms with van der Waals surface area (Å²) >= 11 is 5.93. The number of carbonyl (C=O) groups is 2. The molecule has 0 radical (unpaired) electrons. The Bertz CT molecular complexity index is 487. The number of ketones is 1. The molecule has 0 fully saturated rings. The zero-order valence-corrected chi connectivity index (χ0v) is 10.3. The van der Waals surface area contributed by atoms with Crippen molar-refractivity contribution in [1.29, 1.82) is 0 Å². The first kappa shape index (κ1) is 12.1. The predicted molar refractivity (Wildman–Crippen MR) is 64.6 cm³/mol. The summed E-state index contributed by atoms with van der Waals surface area (Å²) in [6.45, 7) is 2.18. The Kier molecular flexibility index (Phi) is 3.17. The van der Waals surface area contributed by atoms with E-state index in [0.717, 1.165) is 0 Å². The van der Waals surface area contributed by atoms with Crippen LogP contribution in [0.5, 0.6) is 0 Å². The maximum absolute atomic E-state index is 11.8. The second-order valence-corrected chi connectivity index (χ2v) is 4.33. The number of amides is 1. The van der Waals surface area contributed by atoms with Gasteiger partial charge in [-0.3, -0.25) is 9.59 Å². The third kappa shape index (κ3) is 1.94. The number of hydrogen-bond donors (Lipinski definition) is 0. The van der Waals surface area contributed by atoms with E-state index < -0.39 is 11.7 Å². The molecule has 1 aliphatic rings. The molecule has 0 spiro atoms. The van der Waals surface area contributed by atoms with E-state index in [1.807, 2.05) is 6.92 Å².